The molecule has 0 bridgehead atoms. The first kappa shape index (κ1) is 14.3. The molecule has 0 aromatic heterocycles. The molecule has 5 heteroatoms. The molecular formula is C12H24N2O3. The van der Waals surface area contributed by atoms with Crippen molar-refractivity contribution in [3.8, 4) is 0 Å². The van der Waals surface area contributed by atoms with Crippen LogP contribution in [0.4, 0.5) is 4.79 Å². The molecule has 1 amide bonds. The Kier molecular flexibility index (Phi) is 4.38. The molecule has 1 saturated heterocycles. The lowest BCUT2D eigenvalue weighted by Gasteiger charge is -2.42. The number of nitrogens with zero attached hydrogens (tertiary/aromatic N) is 1. The lowest BCUT2D eigenvalue weighted by atomic mass is 10.1. The third-order valence-corrected chi connectivity index (χ3v) is 2.71. The van der Waals surface area contributed by atoms with E-state index in [1.807, 2.05) is 34.6 Å². The number of nitrogens with two attached hydrogens (primary N) is 1. The molecule has 1 heterocycles. The topological polar surface area (TPSA) is 64.8 Å². The average Bonchev–Trinajstić information content (AvgIpc) is 2.13. The van der Waals surface area contributed by atoms with Gasteiger partial charge in [0.05, 0.1) is 24.8 Å². The van der Waals surface area contributed by atoms with Crippen LogP contribution in [0.15, 0.2) is 0 Å². The van der Waals surface area contributed by atoms with Gasteiger partial charge in [0.15, 0.2) is 0 Å². The van der Waals surface area contributed by atoms with Crippen LogP contribution in [0.5, 0.6) is 0 Å². The van der Waals surface area contributed by atoms with Crippen LogP contribution in [-0.2, 0) is 9.47 Å². The highest BCUT2D eigenvalue weighted by atomic mass is 16.6. The van der Waals surface area contributed by atoms with Crippen molar-refractivity contribution in [3.05, 3.63) is 0 Å². The standard InChI is InChI=1S/C12H24N2O3/c1-8-7-14(10(6-13)9(2)16-8)11(15)17-12(3,4)5/h8-10H,6-7,13H2,1-5H3/t8-,9+,10-/m1/s1. The first-order valence-corrected chi connectivity index (χ1v) is 6.09. The highest BCUT2D eigenvalue weighted by molar-refractivity contribution is 5.69. The number of morpholine rings is 1. The Morgan fingerprint density at radius 3 is 2.53 bits per heavy atom. The highest BCUT2D eigenvalue weighted by Gasteiger charge is 2.36. The van der Waals surface area contributed by atoms with Crippen LogP contribution in [0, 0.1) is 0 Å². The first-order chi connectivity index (χ1) is 7.74. The summed E-state index contributed by atoms with van der Waals surface area (Å²) in [7, 11) is 0. The number of amides is 1. The maximum atomic E-state index is 12.1. The van der Waals surface area contributed by atoms with Crippen LogP contribution in [0.3, 0.4) is 0 Å². The Hall–Kier alpha value is -0.810. The minimum atomic E-state index is -0.485. The summed E-state index contributed by atoms with van der Waals surface area (Å²) in [6.45, 7) is 10.4. The van der Waals surface area contributed by atoms with Crippen molar-refractivity contribution in [2.45, 2.75) is 58.5 Å². The number of hydrogen-bond donors (Lipinski definition) is 1. The van der Waals surface area contributed by atoms with Gasteiger partial charge >= 0.3 is 6.09 Å². The molecule has 100 valence electrons. The van der Waals surface area contributed by atoms with E-state index in [0.29, 0.717) is 13.1 Å². The highest BCUT2D eigenvalue weighted by Crippen LogP contribution is 2.20. The van der Waals surface area contributed by atoms with Crippen molar-refractivity contribution in [3.63, 3.8) is 0 Å². The fourth-order valence-corrected chi connectivity index (χ4v) is 2.02. The SMILES string of the molecule is C[C@@H]1CN(C(=O)OC(C)(C)C)[C@H](CN)[C@H](C)O1. The van der Waals surface area contributed by atoms with Crippen LogP contribution in [0.1, 0.15) is 34.6 Å². The summed E-state index contributed by atoms with van der Waals surface area (Å²) in [6, 6.07) is -0.110. The number of carbonyl (C=O) groups excluding carboxylic acids is 1. The largest absolute Gasteiger partial charge is 0.444 e. The molecular weight excluding hydrogens is 220 g/mol. The second-order valence-corrected chi connectivity index (χ2v) is 5.59. The molecule has 0 radical (unpaired) electrons. The van der Waals surface area contributed by atoms with Gasteiger partial charge in [-0.2, -0.15) is 0 Å². The summed E-state index contributed by atoms with van der Waals surface area (Å²) in [5.41, 5.74) is 5.22. The smallest absolute Gasteiger partial charge is 0.410 e. The molecule has 1 fully saturated rings. The van der Waals surface area contributed by atoms with Crippen molar-refractivity contribution < 1.29 is 14.3 Å². The van der Waals surface area contributed by atoms with Gasteiger partial charge in [-0.05, 0) is 34.6 Å². The Balaban J connectivity index is 2.74. The van der Waals surface area contributed by atoms with Crippen molar-refractivity contribution >= 4 is 6.09 Å². The van der Waals surface area contributed by atoms with Gasteiger partial charge in [-0.1, -0.05) is 0 Å². The third kappa shape index (κ3) is 3.85. The molecule has 0 aromatic rings. The lowest BCUT2D eigenvalue weighted by molar-refractivity contribution is -0.101. The number of carbonyl (C=O) groups is 1. The monoisotopic (exact) mass is 244 g/mol. The maximum Gasteiger partial charge on any atom is 0.410 e. The Morgan fingerprint density at radius 1 is 1.47 bits per heavy atom. The summed E-state index contributed by atoms with van der Waals surface area (Å²) in [4.78, 5) is 13.8. The fraction of sp³-hybridized carbons (Fsp3) is 0.917. The minimum Gasteiger partial charge on any atom is -0.444 e. The predicted molar refractivity (Wildman–Crippen MR) is 65.8 cm³/mol. The van der Waals surface area contributed by atoms with E-state index in [-0.39, 0.29) is 24.3 Å². The van der Waals surface area contributed by atoms with E-state index in [4.69, 9.17) is 15.2 Å². The van der Waals surface area contributed by atoms with Gasteiger partial charge in [0, 0.05) is 6.54 Å². The van der Waals surface area contributed by atoms with Crippen molar-refractivity contribution in [1.82, 2.24) is 4.90 Å². The van der Waals surface area contributed by atoms with E-state index < -0.39 is 5.60 Å². The van der Waals surface area contributed by atoms with Crippen LogP contribution >= 0.6 is 0 Å². The zero-order valence-corrected chi connectivity index (χ0v) is 11.4. The van der Waals surface area contributed by atoms with E-state index in [1.54, 1.807) is 4.90 Å². The molecule has 1 rings (SSSR count). The molecule has 17 heavy (non-hydrogen) atoms. The van der Waals surface area contributed by atoms with Crippen LogP contribution in [0.25, 0.3) is 0 Å². The van der Waals surface area contributed by atoms with Gasteiger partial charge in [-0.25, -0.2) is 4.79 Å². The zero-order valence-electron chi connectivity index (χ0n) is 11.4. The first-order valence-electron chi connectivity index (χ1n) is 6.09. The van der Waals surface area contributed by atoms with Gasteiger partial charge in [-0.15, -0.1) is 0 Å². The normalized spacial score (nSPS) is 30.2. The van der Waals surface area contributed by atoms with Crippen LogP contribution < -0.4 is 5.73 Å². The lowest BCUT2D eigenvalue weighted by Crippen LogP contribution is -2.59. The molecule has 0 unspecified atom stereocenters. The summed E-state index contributed by atoms with van der Waals surface area (Å²) in [6.07, 6.45) is -0.355. The van der Waals surface area contributed by atoms with E-state index in [2.05, 4.69) is 0 Å². The van der Waals surface area contributed by atoms with Gasteiger partial charge < -0.3 is 15.2 Å². The van der Waals surface area contributed by atoms with E-state index in [0.717, 1.165) is 0 Å². The van der Waals surface area contributed by atoms with Crippen LogP contribution in [0.2, 0.25) is 0 Å². The van der Waals surface area contributed by atoms with E-state index in [1.165, 1.54) is 0 Å². The Labute approximate surface area is 103 Å². The second-order valence-electron chi connectivity index (χ2n) is 5.59. The van der Waals surface area contributed by atoms with Gasteiger partial charge in [0.2, 0.25) is 0 Å². The minimum absolute atomic E-state index is 0.0142. The zero-order chi connectivity index (χ0) is 13.2. The molecule has 2 N–H and O–H groups in total. The molecule has 0 saturated carbocycles. The van der Waals surface area contributed by atoms with Crippen molar-refractivity contribution in [2.24, 2.45) is 5.73 Å². The number of hydrogen-bond acceptors (Lipinski definition) is 4. The Bertz CT molecular complexity index is 275. The van der Waals surface area contributed by atoms with Crippen molar-refractivity contribution in [2.75, 3.05) is 13.1 Å². The predicted octanol–water partition coefficient (Wildman–Crippen LogP) is 1.36. The Morgan fingerprint density at radius 2 is 2.06 bits per heavy atom. The fourth-order valence-electron chi connectivity index (χ4n) is 2.02. The summed E-state index contributed by atoms with van der Waals surface area (Å²) in [5.74, 6) is 0. The number of rotatable bonds is 1. The van der Waals surface area contributed by atoms with Gasteiger partial charge in [0.25, 0.3) is 0 Å². The third-order valence-electron chi connectivity index (χ3n) is 2.71. The van der Waals surface area contributed by atoms with E-state index in [9.17, 15) is 4.79 Å². The summed E-state index contributed by atoms with van der Waals surface area (Å²) >= 11 is 0. The molecule has 3 atom stereocenters. The number of ether oxygens (including phenoxy) is 2. The van der Waals surface area contributed by atoms with E-state index >= 15 is 0 Å². The summed E-state index contributed by atoms with van der Waals surface area (Å²) < 4.78 is 11.1. The molecule has 0 spiro atoms. The maximum absolute atomic E-state index is 12.1. The molecule has 1 aliphatic rings. The second kappa shape index (κ2) is 5.23. The van der Waals surface area contributed by atoms with Crippen molar-refractivity contribution in [1.29, 1.82) is 0 Å². The average molecular weight is 244 g/mol. The van der Waals surface area contributed by atoms with Gasteiger partial charge in [-0.3, -0.25) is 4.90 Å². The quantitative estimate of drug-likeness (QED) is 0.756. The molecule has 0 aromatic carbocycles. The molecule has 5 nitrogen and oxygen atoms in total. The van der Waals surface area contributed by atoms with Gasteiger partial charge in [0.1, 0.15) is 5.60 Å². The summed E-state index contributed by atoms with van der Waals surface area (Å²) in [5, 5.41) is 0. The van der Waals surface area contributed by atoms with Crippen LogP contribution in [-0.4, -0.2) is 47.9 Å². The molecule has 1 aliphatic heterocycles. The molecule has 0 aliphatic carbocycles.